The number of nitrogens with one attached hydrogen (secondary N) is 1. The minimum atomic E-state index is -3.67. The van der Waals surface area contributed by atoms with Gasteiger partial charge in [-0.3, -0.25) is 9.35 Å². The van der Waals surface area contributed by atoms with E-state index in [1.54, 1.807) is 0 Å². The second kappa shape index (κ2) is 5.93. The molecule has 5 nitrogen and oxygen atoms in total. The van der Waals surface area contributed by atoms with Gasteiger partial charge in [-0.15, -0.1) is 0 Å². The van der Waals surface area contributed by atoms with Crippen LogP contribution in [0.15, 0.2) is 0 Å². The average molecular weight is 209 g/mol. The van der Waals surface area contributed by atoms with Crippen molar-refractivity contribution in [3.63, 3.8) is 0 Å². The lowest BCUT2D eigenvalue weighted by Crippen LogP contribution is -2.21. The van der Waals surface area contributed by atoms with Crippen LogP contribution in [-0.2, 0) is 14.9 Å². The SMILES string of the molecule is CS(=O)(=O)O.O=C1CCCCCN1. The molecule has 0 aromatic heterocycles. The van der Waals surface area contributed by atoms with E-state index in [9.17, 15) is 13.2 Å². The van der Waals surface area contributed by atoms with Crippen molar-refractivity contribution in [3.05, 3.63) is 0 Å². The van der Waals surface area contributed by atoms with E-state index in [0.29, 0.717) is 6.26 Å². The molecular formula is C7H15NO4S. The van der Waals surface area contributed by atoms with E-state index in [4.69, 9.17) is 4.55 Å². The number of rotatable bonds is 0. The smallest absolute Gasteiger partial charge is 0.261 e. The highest BCUT2D eigenvalue weighted by Gasteiger charge is 2.03. The summed E-state index contributed by atoms with van der Waals surface area (Å²) in [6, 6.07) is 0. The Kier molecular flexibility index (Phi) is 5.65. The van der Waals surface area contributed by atoms with E-state index >= 15 is 0 Å². The van der Waals surface area contributed by atoms with E-state index in [1.807, 2.05) is 0 Å². The predicted octanol–water partition coefficient (Wildman–Crippen LogP) is 0.181. The van der Waals surface area contributed by atoms with Gasteiger partial charge >= 0.3 is 0 Å². The van der Waals surface area contributed by atoms with Crippen LogP contribution in [-0.4, -0.2) is 31.7 Å². The maximum absolute atomic E-state index is 10.6. The molecule has 0 saturated carbocycles. The summed E-state index contributed by atoms with van der Waals surface area (Å²) < 4.78 is 25.9. The number of hydrogen-bond donors (Lipinski definition) is 2. The normalized spacial score (nSPS) is 17.8. The zero-order valence-corrected chi connectivity index (χ0v) is 8.43. The van der Waals surface area contributed by atoms with E-state index in [1.165, 1.54) is 6.42 Å². The summed E-state index contributed by atoms with van der Waals surface area (Å²) in [4.78, 5) is 10.6. The van der Waals surface area contributed by atoms with Crippen molar-refractivity contribution in [2.45, 2.75) is 25.7 Å². The summed E-state index contributed by atoms with van der Waals surface area (Å²) in [6.45, 7) is 0.888. The van der Waals surface area contributed by atoms with Crippen LogP contribution in [0.25, 0.3) is 0 Å². The van der Waals surface area contributed by atoms with Crippen LogP contribution >= 0.6 is 0 Å². The van der Waals surface area contributed by atoms with Gasteiger partial charge in [0.2, 0.25) is 5.91 Å². The van der Waals surface area contributed by atoms with Crippen LogP contribution in [0.5, 0.6) is 0 Å². The monoisotopic (exact) mass is 209 g/mol. The average Bonchev–Trinajstić information content (AvgIpc) is 2.12. The van der Waals surface area contributed by atoms with Crippen molar-refractivity contribution >= 4 is 16.0 Å². The molecule has 6 heteroatoms. The third kappa shape index (κ3) is 14.3. The van der Waals surface area contributed by atoms with Gasteiger partial charge in [0.05, 0.1) is 6.26 Å². The Balaban J connectivity index is 0.000000252. The quantitative estimate of drug-likeness (QED) is 0.557. The molecule has 0 aliphatic carbocycles. The fourth-order valence-electron chi connectivity index (χ4n) is 0.904. The number of hydrogen-bond acceptors (Lipinski definition) is 3. The fraction of sp³-hybridized carbons (Fsp3) is 0.857. The largest absolute Gasteiger partial charge is 0.356 e. The van der Waals surface area contributed by atoms with Crippen LogP contribution in [0, 0.1) is 0 Å². The van der Waals surface area contributed by atoms with Gasteiger partial charge in [0.25, 0.3) is 10.1 Å². The molecule has 1 heterocycles. The Bertz CT molecular complexity index is 229. The molecule has 0 bridgehead atoms. The first-order valence-corrected chi connectivity index (χ1v) is 5.93. The Morgan fingerprint density at radius 1 is 1.31 bits per heavy atom. The first kappa shape index (κ1) is 12.4. The standard InChI is InChI=1S/C6H11NO.CH4O3S/c8-6-4-2-1-3-5-7-6;1-5(2,3)4/h1-5H2,(H,7,8);1H3,(H,2,3,4). The lowest BCUT2D eigenvalue weighted by molar-refractivity contribution is -0.120. The number of carbonyl (C=O) groups is 1. The highest BCUT2D eigenvalue weighted by Crippen LogP contribution is 2.02. The first-order valence-electron chi connectivity index (χ1n) is 4.09. The van der Waals surface area contributed by atoms with Crippen molar-refractivity contribution in [2.75, 3.05) is 12.8 Å². The molecule has 1 aliphatic rings. The van der Waals surface area contributed by atoms with Crippen LogP contribution in [0.4, 0.5) is 0 Å². The van der Waals surface area contributed by atoms with E-state index in [0.717, 1.165) is 25.8 Å². The van der Waals surface area contributed by atoms with Gasteiger partial charge in [0.15, 0.2) is 0 Å². The molecule has 0 spiro atoms. The third-order valence-electron chi connectivity index (χ3n) is 1.40. The molecule has 78 valence electrons. The predicted molar refractivity (Wildman–Crippen MR) is 49.0 cm³/mol. The van der Waals surface area contributed by atoms with E-state index in [2.05, 4.69) is 5.32 Å². The summed E-state index contributed by atoms with van der Waals surface area (Å²) in [5.41, 5.74) is 0. The lowest BCUT2D eigenvalue weighted by Gasteiger charge is -1.93. The molecule has 1 fully saturated rings. The van der Waals surface area contributed by atoms with Gasteiger partial charge in [-0.05, 0) is 12.8 Å². The molecule has 0 radical (unpaired) electrons. The second-order valence-electron chi connectivity index (χ2n) is 2.89. The Morgan fingerprint density at radius 3 is 2.38 bits per heavy atom. The fourth-order valence-corrected chi connectivity index (χ4v) is 0.904. The van der Waals surface area contributed by atoms with E-state index in [-0.39, 0.29) is 5.91 Å². The lowest BCUT2D eigenvalue weighted by atomic mass is 10.2. The summed E-state index contributed by atoms with van der Waals surface area (Å²) in [6.07, 6.45) is 4.89. The third-order valence-corrected chi connectivity index (χ3v) is 1.40. The number of carbonyl (C=O) groups excluding carboxylic acids is 1. The Morgan fingerprint density at radius 2 is 1.85 bits per heavy atom. The Hall–Kier alpha value is -0.620. The maximum atomic E-state index is 10.6. The van der Waals surface area contributed by atoms with Crippen LogP contribution in [0.2, 0.25) is 0 Å². The van der Waals surface area contributed by atoms with Gasteiger partial charge < -0.3 is 5.32 Å². The van der Waals surface area contributed by atoms with Crippen molar-refractivity contribution in [3.8, 4) is 0 Å². The van der Waals surface area contributed by atoms with Crippen molar-refractivity contribution < 1.29 is 17.8 Å². The highest BCUT2D eigenvalue weighted by atomic mass is 32.2. The van der Waals surface area contributed by atoms with Gasteiger partial charge in [0, 0.05) is 13.0 Å². The highest BCUT2D eigenvalue weighted by molar-refractivity contribution is 7.85. The molecule has 0 atom stereocenters. The van der Waals surface area contributed by atoms with Crippen molar-refractivity contribution in [1.82, 2.24) is 5.32 Å². The minimum absolute atomic E-state index is 0.225. The number of amides is 1. The summed E-state index contributed by atoms with van der Waals surface area (Å²) in [5, 5.41) is 2.81. The first-order chi connectivity index (χ1) is 5.89. The zero-order chi connectivity index (χ0) is 10.3. The molecule has 1 amide bonds. The van der Waals surface area contributed by atoms with Gasteiger partial charge in [0.1, 0.15) is 0 Å². The van der Waals surface area contributed by atoms with Crippen molar-refractivity contribution in [1.29, 1.82) is 0 Å². The van der Waals surface area contributed by atoms with Crippen LogP contribution in [0.1, 0.15) is 25.7 Å². The summed E-state index contributed by atoms with van der Waals surface area (Å²) in [7, 11) is -3.67. The zero-order valence-electron chi connectivity index (χ0n) is 7.62. The van der Waals surface area contributed by atoms with Crippen LogP contribution < -0.4 is 5.32 Å². The van der Waals surface area contributed by atoms with Gasteiger partial charge in [-0.2, -0.15) is 8.42 Å². The van der Waals surface area contributed by atoms with Crippen LogP contribution in [0.3, 0.4) is 0 Å². The molecule has 1 saturated heterocycles. The molecule has 0 aromatic carbocycles. The second-order valence-corrected chi connectivity index (χ2v) is 4.36. The molecule has 1 rings (SSSR count). The van der Waals surface area contributed by atoms with E-state index < -0.39 is 10.1 Å². The molecular weight excluding hydrogens is 194 g/mol. The Labute approximate surface area is 78.3 Å². The summed E-state index contributed by atoms with van der Waals surface area (Å²) in [5.74, 6) is 0.225. The molecule has 0 unspecified atom stereocenters. The van der Waals surface area contributed by atoms with Gasteiger partial charge in [-0.1, -0.05) is 6.42 Å². The van der Waals surface area contributed by atoms with Crippen molar-refractivity contribution in [2.24, 2.45) is 0 Å². The maximum Gasteiger partial charge on any atom is 0.261 e. The molecule has 2 N–H and O–H groups in total. The minimum Gasteiger partial charge on any atom is -0.356 e. The van der Waals surface area contributed by atoms with Gasteiger partial charge in [-0.25, -0.2) is 0 Å². The molecule has 1 aliphatic heterocycles. The topological polar surface area (TPSA) is 83.5 Å². The summed E-state index contributed by atoms with van der Waals surface area (Å²) >= 11 is 0. The molecule has 13 heavy (non-hydrogen) atoms. The molecule has 0 aromatic rings.